The fourth-order valence-corrected chi connectivity index (χ4v) is 4.71. The van der Waals surface area contributed by atoms with Gasteiger partial charge < -0.3 is 0 Å². The minimum Gasteiger partial charge on any atom is -0.297 e. The minimum atomic E-state index is 0.454. The Hall–Kier alpha value is -1.86. The first-order valence-electron chi connectivity index (χ1n) is 9.14. The fourth-order valence-electron chi connectivity index (χ4n) is 4.11. The molecule has 0 bridgehead atoms. The van der Waals surface area contributed by atoms with Crippen LogP contribution in [0.3, 0.4) is 0 Å². The summed E-state index contributed by atoms with van der Waals surface area (Å²) in [5.74, 6) is 1.50. The van der Waals surface area contributed by atoms with Crippen LogP contribution in [0.2, 0.25) is 0 Å². The Morgan fingerprint density at radius 3 is 2.88 bits per heavy atom. The van der Waals surface area contributed by atoms with Crippen LogP contribution in [0.4, 0.5) is 0 Å². The summed E-state index contributed by atoms with van der Waals surface area (Å²) in [5.41, 5.74) is 4.71. The summed E-state index contributed by atoms with van der Waals surface area (Å²) in [4.78, 5) is 7.09. The molecule has 0 spiro atoms. The van der Waals surface area contributed by atoms with Crippen LogP contribution in [0.5, 0.6) is 0 Å². The Kier molecular flexibility index (Phi) is 3.78. The standard InChI is InChI=1S/C18H22N6S/c1-12-19-15(11-25-12)10-23-7-5-13(6-8-23)18-21-20-17-9-14-3-2-4-16(14)22-24(17)18/h9,11,13H,2-8,10H2,1H3. The Morgan fingerprint density at radius 2 is 2.08 bits per heavy atom. The first-order chi connectivity index (χ1) is 12.3. The van der Waals surface area contributed by atoms with Crippen LogP contribution in [0.15, 0.2) is 11.4 Å². The highest BCUT2D eigenvalue weighted by Crippen LogP contribution is 2.29. The maximum Gasteiger partial charge on any atom is 0.178 e. The topological polar surface area (TPSA) is 59.2 Å². The van der Waals surface area contributed by atoms with Gasteiger partial charge in [0.05, 0.1) is 16.4 Å². The Bertz CT molecular complexity index is 906. The Morgan fingerprint density at radius 1 is 1.20 bits per heavy atom. The smallest absolute Gasteiger partial charge is 0.178 e. The Balaban J connectivity index is 1.31. The fraction of sp³-hybridized carbons (Fsp3) is 0.556. The van der Waals surface area contributed by atoms with E-state index in [-0.39, 0.29) is 0 Å². The maximum atomic E-state index is 4.85. The minimum absolute atomic E-state index is 0.454. The van der Waals surface area contributed by atoms with E-state index in [0.29, 0.717) is 5.92 Å². The van der Waals surface area contributed by atoms with E-state index in [1.54, 1.807) is 11.3 Å². The van der Waals surface area contributed by atoms with E-state index in [2.05, 4.69) is 38.5 Å². The van der Waals surface area contributed by atoms with Gasteiger partial charge in [0.1, 0.15) is 0 Å². The molecule has 0 atom stereocenters. The van der Waals surface area contributed by atoms with Crippen LogP contribution in [-0.2, 0) is 19.4 Å². The van der Waals surface area contributed by atoms with E-state index in [9.17, 15) is 0 Å². The van der Waals surface area contributed by atoms with Crippen LogP contribution >= 0.6 is 11.3 Å². The van der Waals surface area contributed by atoms with Gasteiger partial charge in [-0.15, -0.1) is 21.5 Å². The number of fused-ring (bicyclic) bond motifs is 2. The second-order valence-electron chi connectivity index (χ2n) is 7.21. The molecule has 1 saturated heterocycles. The lowest BCUT2D eigenvalue weighted by molar-refractivity contribution is 0.199. The van der Waals surface area contributed by atoms with Gasteiger partial charge in [0.15, 0.2) is 11.5 Å². The van der Waals surface area contributed by atoms with Gasteiger partial charge in [0.2, 0.25) is 0 Å². The van der Waals surface area contributed by atoms with Crippen molar-refractivity contribution in [3.8, 4) is 0 Å². The molecule has 1 aliphatic carbocycles. The number of thiazole rings is 1. The number of aryl methyl sites for hydroxylation is 3. The molecule has 1 aliphatic heterocycles. The van der Waals surface area contributed by atoms with Gasteiger partial charge >= 0.3 is 0 Å². The second kappa shape index (κ2) is 6.14. The van der Waals surface area contributed by atoms with E-state index in [1.165, 1.54) is 23.4 Å². The average Bonchev–Trinajstić information content (AvgIpc) is 3.33. The zero-order chi connectivity index (χ0) is 16.8. The molecule has 0 radical (unpaired) electrons. The number of likely N-dealkylation sites (tertiary alicyclic amines) is 1. The molecule has 6 nitrogen and oxygen atoms in total. The summed E-state index contributed by atoms with van der Waals surface area (Å²) in [6, 6.07) is 2.19. The predicted molar refractivity (Wildman–Crippen MR) is 96.9 cm³/mol. The molecule has 0 unspecified atom stereocenters. The van der Waals surface area contributed by atoms with Gasteiger partial charge in [-0.1, -0.05) is 0 Å². The largest absolute Gasteiger partial charge is 0.297 e. The van der Waals surface area contributed by atoms with Crippen LogP contribution in [0, 0.1) is 6.92 Å². The van der Waals surface area contributed by atoms with Crippen molar-refractivity contribution in [1.82, 2.24) is 29.7 Å². The van der Waals surface area contributed by atoms with Crippen molar-refractivity contribution in [3.63, 3.8) is 0 Å². The van der Waals surface area contributed by atoms with E-state index in [0.717, 1.165) is 61.8 Å². The van der Waals surface area contributed by atoms with Gasteiger partial charge in [0, 0.05) is 17.8 Å². The third-order valence-corrected chi connectivity index (χ3v) is 6.27. The van der Waals surface area contributed by atoms with E-state index in [4.69, 9.17) is 5.10 Å². The first-order valence-corrected chi connectivity index (χ1v) is 10.0. The molecule has 2 aliphatic rings. The van der Waals surface area contributed by atoms with E-state index >= 15 is 0 Å². The predicted octanol–water partition coefficient (Wildman–Crippen LogP) is 2.76. The zero-order valence-electron chi connectivity index (χ0n) is 14.5. The van der Waals surface area contributed by atoms with Crippen LogP contribution in [0.25, 0.3) is 5.65 Å². The SMILES string of the molecule is Cc1nc(CN2CCC(c3nnc4cc5c(nn34)CCC5)CC2)cs1. The van der Waals surface area contributed by atoms with Gasteiger partial charge in [-0.05, 0) is 63.7 Å². The molecule has 3 aromatic rings. The van der Waals surface area contributed by atoms with Crippen molar-refractivity contribution in [2.24, 2.45) is 0 Å². The normalized spacial score (nSPS) is 18.9. The van der Waals surface area contributed by atoms with Crippen molar-refractivity contribution >= 4 is 17.0 Å². The van der Waals surface area contributed by atoms with Crippen molar-refractivity contribution < 1.29 is 0 Å². The van der Waals surface area contributed by atoms with Gasteiger partial charge in [-0.25, -0.2) is 4.98 Å². The lowest BCUT2D eigenvalue weighted by Gasteiger charge is -2.30. The number of aromatic nitrogens is 5. The zero-order valence-corrected chi connectivity index (χ0v) is 15.3. The van der Waals surface area contributed by atoms with E-state index < -0.39 is 0 Å². The van der Waals surface area contributed by atoms with Crippen molar-refractivity contribution in [2.45, 2.75) is 51.5 Å². The molecule has 4 heterocycles. The molecule has 0 saturated carbocycles. The molecule has 25 heavy (non-hydrogen) atoms. The molecule has 1 fully saturated rings. The second-order valence-corrected chi connectivity index (χ2v) is 8.27. The molecule has 0 aromatic carbocycles. The summed E-state index contributed by atoms with van der Waals surface area (Å²) in [6.07, 6.45) is 5.67. The molecule has 7 heteroatoms. The molecule has 0 amide bonds. The van der Waals surface area contributed by atoms with Gasteiger partial charge in [-0.2, -0.15) is 9.61 Å². The van der Waals surface area contributed by atoms with Gasteiger partial charge in [-0.3, -0.25) is 4.90 Å². The van der Waals surface area contributed by atoms with Gasteiger partial charge in [0.25, 0.3) is 0 Å². The van der Waals surface area contributed by atoms with Crippen LogP contribution in [-0.4, -0.2) is 42.8 Å². The molecule has 3 aromatic heterocycles. The molecule has 0 N–H and O–H groups in total. The number of hydrogen-bond acceptors (Lipinski definition) is 6. The highest BCUT2D eigenvalue weighted by Gasteiger charge is 2.26. The average molecular weight is 354 g/mol. The quantitative estimate of drug-likeness (QED) is 0.724. The highest BCUT2D eigenvalue weighted by atomic mass is 32.1. The number of hydrogen-bond donors (Lipinski definition) is 0. The number of rotatable bonds is 3. The summed E-state index contributed by atoms with van der Waals surface area (Å²) in [5, 5.41) is 17.1. The lowest BCUT2D eigenvalue weighted by Crippen LogP contribution is -2.33. The number of nitrogens with zero attached hydrogens (tertiary/aromatic N) is 6. The Labute approximate surface area is 150 Å². The lowest BCUT2D eigenvalue weighted by atomic mass is 9.96. The molecule has 5 rings (SSSR count). The summed E-state index contributed by atoms with van der Waals surface area (Å²) in [6.45, 7) is 5.20. The van der Waals surface area contributed by atoms with Crippen molar-refractivity contribution in [3.05, 3.63) is 39.2 Å². The monoisotopic (exact) mass is 354 g/mol. The maximum absolute atomic E-state index is 4.85. The summed E-state index contributed by atoms with van der Waals surface area (Å²) < 4.78 is 2.01. The van der Waals surface area contributed by atoms with Crippen LogP contribution < -0.4 is 0 Å². The van der Waals surface area contributed by atoms with Crippen LogP contribution in [0.1, 0.15) is 53.0 Å². The molecule has 130 valence electrons. The molecular weight excluding hydrogens is 332 g/mol. The van der Waals surface area contributed by atoms with Crippen molar-refractivity contribution in [2.75, 3.05) is 13.1 Å². The number of piperidine rings is 1. The van der Waals surface area contributed by atoms with E-state index in [1.807, 2.05) is 4.52 Å². The third-order valence-electron chi connectivity index (χ3n) is 5.45. The summed E-state index contributed by atoms with van der Waals surface area (Å²) in [7, 11) is 0. The third kappa shape index (κ3) is 2.85. The van der Waals surface area contributed by atoms with Crippen molar-refractivity contribution in [1.29, 1.82) is 0 Å². The summed E-state index contributed by atoms with van der Waals surface area (Å²) >= 11 is 1.73. The molecular formula is C18H22N6S. The first kappa shape index (κ1) is 15.4. The highest BCUT2D eigenvalue weighted by molar-refractivity contribution is 7.09.